The Morgan fingerprint density at radius 3 is 2.88 bits per heavy atom. The molecule has 0 aliphatic rings. The second kappa shape index (κ2) is 4.67. The van der Waals surface area contributed by atoms with E-state index in [1.807, 2.05) is 5.38 Å². The predicted molar refractivity (Wildman–Crippen MR) is 70.8 cm³/mol. The Labute approximate surface area is 105 Å². The third kappa shape index (κ3) is 2.43. The molecule has 2 aromatic rings. The lowest BCUT2D eigenvalue weighted by Crippen LogP contribution is -2.11. The Hall–Kier alpha value is -1.33. The number of hydrogen-bond acceptors (Lipinski definition) is 3. The van der Waals surface area contributed by atoms with Gasteiger partial charge in [0.15, 0.2) is 0 Å². The summed E-state index contributed by atoms with van der Waals surface area (Å²) in [5, 5.41) is 6.46. The van der Waals surface area contributed by atoms with Crippen molar-refractivity contribution < 1.29 is 4.79 Å². The number of thiophene rings is 1. The van der Waals surface area contributed by atoms with Crippen molar-refractivity contribution in [1.29, 1.82) is 0 Å². The smallest absolute Gasteiger partial charge is 0.256 e. The Balaban J connectivity index is 2.21. The number of amides is 1. The second-order valence-electron chi connectivity index (χ2n) is 3.21. The number of carbonyl (C=O) groups is 1. The van der Waals surface area contributed by atoms with E-state index >= 15 is 0 Å². The first-order valence-corrected chi connectivity index (χ1v) is 6.29. The van der Waals surface area contributed by atoms with E-state index in [1.165, 1.54) is 11.3 Å². The average Bonchev–Trinajstić information content (AvgIpc) is 2.76. The first-order chi connectivity index (χ1) is 7.66. The topological polar surface area (TPSA) is 55.1 Å². The van der Waals surface area contributed by atoms with E-state index < -0.39 is 0 Å². The molecule has 1 aromatic heterocycles. The van der Waals surface area contributed by atoms with Crippen molar-refractivity contribution in [3.8, 4) is 0 Å². The molecule has 0 atom stereocenters. The molecular weight excluding hydrogens is 288 g/mol. The van der Waals surface area contributed by atoms with Gasteiger partial charge >= 0.3 is 0 Å². The zero-order valence-electron chi connectivity index (χ0n) is 8.24. The van der Waals surface area contributed by atoms with Gasteiger partial charge in [0.2, 0.25) is 0 Å². The van der Waals surface area contributed by atoms with Crippen LogP contribution in [-0.2, 0) is 0 Å². The fourth-order valence-electron chi connectivity index (χ4n) is 1.23. The lowest BCUT2D eigenvalue weighted by Gasteiger charge is -2.07. The van der Waals surface area contributed by atoms with E-state index in [2.05, 4.69) is 21.2 Å². The number of nitrogen functional groups attached to an aromatic ring is 1. The van der Waals surface area contributed by atoms with Gasteiger partial charge in [0.25, 0.3) is 5.91 Å². The molecule has 1 heterocycles. The number of benzene rings is 1. The molecule has 1 amide bonds. The van der Waals surface area contributed by atoms with Crippen LogP contribution in [-0.4, -0.2) is 5.91 Å². The molecular formula is C11H9BrN2OS. The maximum atomic E-state index is 11.8. The van der Waals surface area contributed by atoms with E-state index in [-0.39, 0.29) is 5.91 Å². The van der Waals surface area contributed by atoms with Crippen LogP contribution >= 0.6 is 27.3 Å². The molecule has 1 aromatic carbocycles. The van der Waals surface area contributed by atoms with Crippen LogP contribution in [0.2, 0.25) is 0 Å². The molecule has 0 radical (unpaired) electrons. The molecule has 5 heteroatoms. The van der Waals surface area contributed by atoms with Gasteiger partial charge in [-0.05, 0) is 45.6 Å². The lowest BCUT2D eigenvalue weighted by atomic mass is 10.2. The van der Waals surface area contributed by atoms with Crippen molar-refractivity contribution in [2.24, 2.45) is 0 Å². The van der Waals surface area contributed by atoms with Gasteiger partial charge < -0.3 is 11.1 Å². The van der Waals surface area contributed by atoms with Crippen LogP contribution in [0.3, 0.4) is 0 Å². The molecule has 0 saturated carbocycles. The van der Waals surface area contributed by atoms with Gasteiger partial charge in [-0.15, -0.1) is 0 Å². The maximum absolute atomic E-state index is 11.8. The molecule has 82 valence electrons. The van der Waals surface area contributed by atoms with E-state index in [4.69, 9.17) is 5.73 Å². The SMILES string of the molecule is Nc1ccc(Br)c(NC(=O)c2ccsc2)c1. The van der Waals surface area contributed by atoms with Crippen molar-refractivity contribution >= 4 is 44.5 Å². The van der Waals surface area contributed by atoms with Crippen LogP contribution in [0.15, 0.2) is 39.5 Å². The highest BCUT2D eigenvalue weighted by molar-refractivity contribution is 9.10. The molecule has 0 unspecified atom stereocenters. The van der Waals surface area contributed by atoms with Crippen LogP contribution in [0.4, 0.5) is 11.4 Å². The highest BCUT2D eigenvalue weighted by Gasteiger charge is 2.08. The van der Waals surface area contributed by atoms with Gasteiger partial charge in [-0.3, -0.25) is 4.79 Å². The first-order valence-electron chi connectivity index (χ1n) is 4.55. The summed E-state index contributed by atoms with van der Waals surface area (Å²) in [7, 11) is 0. The van der Waals surface area contributed by atoms with E-state index in [0.29, 0.717) is 16.9 Å². The van der Waals surface area contributed by atoms with Gasteiger partial charge in [0, 0.05) is 15.5 Å². The van der Waals surface area contributed by atoms with Crippen molar-refractivity contribution in [3.05, 3.63) is 45.1 Å². The van der Waals surface area contributed by atoms with E-state index in [1.54, 1.807) is 29.6 Å². The third-order valence-electron chi connectivity index (χ3n) is 2.02. The summed E-state index contributed by atoms with van der Waals surface area (Å²) in [5.74, 6) is -0.132. The molecule has 0 spiro atoms. The van der Waals surface area contributed by atoms with Crippen LogP contribution in [0.25, 0.3) is 0 Å². The minimum Gasteiger partial charge on any atom is -0.399 e. The quantitative estimate of drug-likeness (QED) is 0.835. The predicted octanol–water partition coefficient (Wildman–Crippen LogP) is 3.35. The minimum absolute atomic E-state index is 0.132. The van der Waals surface area contributed by atoms with Gasteiger partial charge in [0.05, 0.1) is 11.3 Å². The first kappa shape index (κ1) is 11.2. The number of anilines is 2. The Morgan fingerprint density at radius 2 is 2.19 bits per heavy atom. The zero-order valence-corrected chi connectivity index (χ0v) is 10.6. The monoisotopic (exact) mass is 296 g/mol. The normalized spacial score (nSPS) is 10.1. The zero-order chi connectivity index (χ0) is 11.5. The lowest BCUT2D eigenvalue weighted by molar-refractivity contribution is 0.102. The summed E-state index contributed by atoms with van der Waals surface area (Å²) in [4.78, 5) is 11.8. The molecule has 16 heavy (non-hydrogen) atoms. The van der Waals surface area contributed by atoms with Crippen LogP contribution < -0.4 is 11.1 Å². The van der Waals surface area contributed by atoms with Crippen molar-refractivity contribution in [1.82, 2.24) is 0 Å². The van der Waals surface area contributed by atoms with Gasteiger partial charge in [-0.2, -0.15) is 11.3 Å². The number of carbonyl (C=O) groups excluding carboxylic acids is 1. The number of rotatable bonds is 2. The van der Waals surface area contributed by atoms with Crippen LogP contribution in [0, 0.1) is 0 Å². The van der Waals surface area contributed by atoms with Crippen LogP contribution in [0.1, 0.15) is 10.4 Å². The highest BCUT2D eigenvalue weighted by Crippen LogP contribution is 2.25. The van der Waals surface area contributed by atoms with E-state index in [9.17, 15) is 4.79 Å². The van der Waals surface area contributed by atoms with Crippen molar-refractivity contribution in [2.45, 2.75) is 0 Å². The van der Waals surface area contributed by atoms with Gasteiger partial charge in [-0.1, -0.05) is 0 Å². The summed E-state index contributed by atoms with van der Waals surface area (Å²) < 4.78 is 0.810. The third-order valence-corrected chi connectivity index (χ3v) is 3.40. The second-order valence-corrected chi connectivity index (χ2v) is 4.84. The molecule has 0 aliphatic carbocycles. The summed E-state index contributed by atoms with van der Waals surface area (Å²) in [6.07, 6.45) is 0. The molecule has 3 N–H and O–H groups in total. The minimum atomic E-state index is -0.132. The molecule has 3 nitrogen and oxygen atoms in total. The highest BCUT2D eigenvalue weighted by atomic mass is 79.9. The standard InChI is InChI=1S/C11H9BrN2OS/c12-9-2-1-8(13)5-10(9)14-11(15)7-3-4-16-6-7/h1-6H,13H2,(H,14,15). The molecule has 0 fully saturated rings. The fourth-order valence-corrected chi connectivity index (χ4v) is 2.21. The number of nitrogens with two attached hydrogens (primary N) is 1. The summed E-state index contributed by atoms with van der Waals surface area (Å²) in [5.41, 5.74) is 7.60. The number of nitrogens with one attached hydrogen (secondary N) is 1. The van der Waals surface area contributed by atoms with Crippen molar-refractivity contribution in [3.63, 3.8) is 0 Å². The largest absolute Gasteiger partial charge is 0.399 e. The van der Waals surface area contributed by atoms with E-state index in [0.717, 1.165) is 4.47 Å². The number of halogens is 1. The Morgan fingerprint density at radius 1 is 1.38 bits per heavy atom. The summed E-state index contributed by atoms with van der Waals surface area (Å²) in [6, 6.07) is 7.07. The Bertz CT molecular complexity index is 511. The fraction of sp³-hybridized carbons (Fsp3) is 0. The molecule has 0 bridgehead atoms. The Kier molecular flexibility index (Phi) is 3.26. The summed E-state index contributed by atoms with van der Waals surface area (Å²) in [6.45, 7) is 0. The molecule has 2 rings (SSSR count). The summed E-state index contributed by atoms with van der Waals surface area (Å²) >= 11 is 4.84. The number of hydrogen-bond donors (Lipinski definition) is 2. The van der Waals surface area contributed by atoms with Gasteiger partial charge in [0.1, 0.15) is 0 Å². The van der Waals surface area contributed by atoms with Crippen LogP contribution in [0.5, 0.6) is 0 Å². The molecule has 0 aliphatic heterocycles. The van der Waals surface area contributed by atoms with Gasteiger partial charge in [-0.25, -0.2) is 0 Å². The van der Waals surface area contributed by atoms with Crippen molar-refractivity contribution in [2.75, 3.05) is 11.1 Å². The average molecular weight is 297 g/mol. The maximum Gasteiger partial charge on any atom is 0.256 e. The molecule has 0 saturated heterocycles.